The van der Waals surface area contributed by atoms with Crippen molar-refractivity contribution in [2.24, 2.45) is 4.99 Å². The van der Waals surface area contributed by atoms with E-state index in [9.17, 15) is 4.39 Å². The Balaban J connectivity index is 1.88. The number of thiazole rings is 1. The molecule has 0 amide bonds. The van der Waals surface area contributed by atoms with E-state index in [-0.39, 0.29) is 0 Å². The topological polar surface area (TPSA) is 63.3 Å². The molecule has 4 rings (SSSR count). The Morgan fingerprint density at radius 3 is 2.84 bits per heavy atom. The van der Waals surface area contributed by atoms with Crippen LogP contribution in [0.25, 0.3) is 5.57 Å². The number of hydrogen-bond donors (Lipinski definition) is 1. The zero-order valence-corrected chi connectivity index (χ0v) is 14.6. The Bertz CT molecular complexity index is 967. The van der Waals surface area contributed by atoms with Gasteiger partial charge in [-0.1, -0.05) is 17.7 Å². The summed E-state index contributed by atoms with van der Waals surface area (Å²) in [6, 6.07) is 3.80. The van der Waals surface area contributed by atoms with Gasteiger partial charge in [-0.15, -0.1) is 11.3 Å². The maximum absolute atomic E-state index is 13.5. The molecule has 8 heteroatoms. The average Bonchev–Trinajstić information content (AvgIpc) is 3.28. The van der Waals surface area contributed by atoms with Crippen LogP contribution in [0.5, 0.6) is 0 Å². The number of aromatic nitrogens is 2. The number of halogens is 2. The summed E-state index contributed by atoms with van der Waals surface area (Å²) < 4.78 is 19.0. The molecule has 1 atom stereocenters. The lowest BCUT2D eigenvalue weighted by Crippen LogP contribution is -2.29. The Hall–Kier alpha value is -2.51. The molecule has 25 heavy (non-hydrogen) atoms. The molecule has 1 aliphatic rings. The van der Waals surface area contributed by atoms with Gasteiger partial charge in [0.05, 0.1) is 11.8 Å². The van der Waals surface area contributed by atoms with Crippen molar-refractivity contribution in [2.45, 2.75) is 13.0 Å². The molecule has 0 radical (unpaired) electrons. The van der Waals surface area contributed by atoms with E-state index in [4.69, 9.17) is 21.0 Å². The van der Waals surface area contributed by atoms with Crippen LogP contribution >= 0.6 is 22.9 Å². The second kappa shape index (κ2) is 6.42. The number of nitrogens with zero attached hydrogens (tertiary/aromatic N) is 3. The molecule has 3 aromatic rings. The second-order valence-corrected chi connectivity index (χ2v) is 6.69. The monoisotopic (exact) mass is 374 g/mol. The summed E-state index contributed by atoms with van der Waals surface area (Å²) in [7, 11) is 0. The molecule has 1 unspecified atom stereocenters. The molecule has 3 heterocycles. The molecule has 1 aromatic carbocycles. The van der Waals surface area contributed by atoms with Crippen LogP contribution in [0.15, 0.2) is 57.3 Å². The predicted octanol–water partition coefficient (Wildman–Crippen LogP) is 4.45. The molecular weight excluding hydrogens is 363 g/mol. The highest BCUT2D eigenvalue weighted by molar-refractivity contribution is 7.11. The maximum Gasteiger partial charge on any atom is 0.226 e. The fourth-order valence-corrected chi connectivity index (χ4v) is 3.57. The summed E-state index contributed by atoms with van der Waals surface area (Å²) >= 11 is 7.77. The minimum atomic E-state index is -0.480. The first-order chi connectivity index (χ1) is 12.1. The van der Waals surface area contributed by atoms with Crippen molar-refractivity contribution >= 4 is 34.3 Å². The number of rotatable bonds is 3. The number of oxazole rings is 1. The lowest BCUT2D eigenvalue weighted by Gasteiger charge is -2.25. The zero-order valence-electron chi connectivity index (χ0n) is 13.0. The Morgan fingerprint density at radius 1 is 1.28 bits per heavy atom. The molecule has 0 saturated heterocycles. The van der Waals surface area contributed by atoms with Crippen molar-refractivity contribution in [2.75, 3.05) is 0 Å². The van der Waals surface area contributed by atoms with Crippen molar-refractivity contribution in [1.82, 2.24) is 15.3 Å². The van der Waals surface area contributed by atoms with E-state index >= 15 is 0 Å². The van der Waals surface area contributed by atoms with Crippen LogP contribution in [0.2, 0.25) is 5.02 Å². The second-order valence-electron chi connectivity index (χ2n) is 5.38. The summed E-state index contributed by atoms with van der Waals surface area (Å²) in [5, 5.41) is 6.18. The number of hydrogen-bond acceptors (Lipinski definition) is 6. The van der Waals surface area contributed by atoms with E-state index in [2.05, 4.69) is 15.3 Å². The number of benzene rings is 1. The van der Waals surface area contributed by atoms with Gasteiger partial charge in [0.25, 0.3) is 0 Å². The molecule has 0 spiro atoms. The summed E-state index contributed by atoms with van der Waals surface area (Å²) in [5.74, 6) is 0.677. The molecule has 0 bridgehead atoms. The van der Waals surface area contributed by atoms with Crippen molar-refractivity contribution in [1.29, 1.82) is 0 Å². The van der Waals surface area contributed by atoms with Crippen molar-refractivity contribution in [3.8, 4) is 0 Å². The van der Waals surface area contributed by atoms with Gasteiger partial charge >= 0.3 is 0 Å². The van der Waals surface area contributed by atoms with Gasteiger partial charge in [-0.25, -0.2) is 14.4 Å². The molecule has 5 nitrogen and oxygen atoms in total. The van der Waals surface area contributed by atoms with Crippen molar-refractivity contribution in [3.63, 3.8) is 0 Å². The van der Waals surface area contributed by atoms with Crippen LogP contribution in [-0.4, -0.2) is 15.8 Å². The quantitative estimate of drug-likeness (QED) is 0.735. The summed E-state index contributed by atoms with van der Waals surface area (Å²) in [6.45, 7) is 1.91. The van der Waals surface area contributed by atoms with E-state index in [0.29, 0.717) is 22.3 Å². The average molecular weight is 375 g/mol. The third kappa shape index (κ3) is 2.96. The van der Waals surface area contributed by atoms with Gasteiger partial charge in [0.2, 0.25) is 5.89 Å². The van der Waals surface area contributed by atoms with E-state index < -0.39 is 11.9 Å². The fraction of sp³-hybridized carbons (Fsp3) is 0.118. The third-order valence-corrected chi connectivity index (χ3v) is 4.90. The minimum Gasteiger partial charge on any atom is -0.445 e. The maximum atomic E-state index is 13.5. The molecule has 0 aliphatic carbocycles. The Kier molecular flexibility index (Phi) is 4.10. The Labute approximate surface area is 151 Å². The normalized spacial score (nSPS) is 17.4. The summed E-state index contributed by atoms with van der Waals surface area (Å²) in [6.07, 6.45) is 4.78. The first kappa shape index (κ1) is 16.0. The van der Waals surface area contributed by atoms with Gasteiger partial charge in [0.1, 0.15) is 18.1 Å². The molecule has 0 saturated carbocycles. The predicted molar refractivity (Wildman–Crippen MR) is 95.0 cm³/mol. The number of nitrogens with one attached hydrogen (secondary N) is 1. The highest BCUT2D eigenvalue weighted by Crippen LogP contribution is 2.40. The van der Waals surface area contributed by atoms with Crippen LogP contribution in [0.4, 0.5) is 4.39 Å². The lowest BCUT2D eigenvalue weighted by molar-refractivity contribution is 0.534. The van der Waals surface area contributed by atoms with E-state index in [0.717, 1.165) is 16.3 Å². The van der Waals surface area contributed by atoms with Crippen molar-refractivity contribution < 1.29 is 8.81 Å². The molecular formula is C17H12ClFN4OS. The Morgan fingerprint density at radius 2 is 2.16 bits per heavy atom. The highest BCUT2D eigenvalue weighted by Gasteiger charge is 2.30. The van der Waals surface area contributed by atoms with Crippen LogP contribution in [-0.2, 0) is 0 Å². The molecule has 0 fully saturated rings. The summed E-state index contributed by atoms with van der Waals surface area (Å²) in [5.41, 5.74) is 2.25. The molecule has 1 aliphatic heterocycles. The molecule has 1 N–H and O–H groups in total. The summed E-state index contributed by atoms with van der Waals surface area (Å²) in [4.78, 5) is 13.3. The lowest BCUT2D eigenvalue weighted by atomic mass is 9.95. The first-order valence-electron chi connectivity index (χ1n) is 7.44. The largest absolute Gasteiger partial charge is 0.445 e. The van der Waals surface area contributed by atoms with Gasteiger partial charge in [-0.05, 0) is 19.1 Å². The van der Waals surface area contributed by atoms with E-state index in [1.54, 1.807) is 18.5 Å². The van der Waals surface area contributed by atoms with E-state index in [1.807, 2.05) is 12.3 Å². The minimum absolute atomic E-state index is 0.297. The van der Waals surface area contributed by atoms with Gasteiger partial charge in [0.15, 0.2) is 10.8 Å². The van der Waals surface area contributed by atoms with Crippen LogP contribution in [0.3, 0.4) is 0 Å². The highest BCUT2D eigenvalue weighted by atomic mass is 35.5. The van der Waals surface area contributed by atoms with Gasteiger partial charge in [-0.2, -0.15) is 0 Å². The van der Waals surface area contributed by atoms with Crippen LogP contribution in [0.1, 0.15) is 29.4 Å². The zero-order chi connectivity index (χ0) is 17.4. The first-order valence-corrected chi connectivity index (χ1v) is 8.69. The van der Waals surface area contributed by atoms with Gasteiger partial charge in [0, 0.05) is 27.9 Å². The van der Waals surface area contributed by atoms with Crippen LogP contribution in [0, 0.1) is 5.82 Å². The molecule has 2 aromatic heterocycles. The van der Waals surface area contributed by atoms with Crippen LogP contribution < -0.4 is 5.32 Å². The number of amidine groups is 1. The standard InChI is InChI=1S/C17H12ClFN4OS/c1-9-13(16-20-4-6-24-16)14(11-3-2-10(19)8-12(11)18)23-15(22-9)17-21-5-7-25-17/h2-8,14H,1H3,(H,22,23). The van der Waals surface area contributed by atoms with Gasteiger partial charge in [-0.3, -0.25) is 4.99 Å². The molecule has 126 valence electrons. The fourth-order valence-electron chi connectivity index (χ4n) is 2.71. The number of allylic oxidation sites excluding steroid dienone is 1. The van der Waals surface area contributed by atoms with Gasteiger partial charge < -0.3 is 9.73 Å². The van der Waals surface area contributed by atoms with E-state index in [1.165, 1.54) is 29.7 Å². The number of aliphatic imine (C=N–C) groups is 1. The van der Waals surface area contributed by atoms with Crippen molar-refractivity contribution in [3.05, 3.63) is 75.2 Å². The smallest absolute Gasteiger partial charge is 0.226 e. The third-order valence-electron chi connectivity index (χ3n) is 3.80. The SMILES string of the molecule is CC1=C(c2ncco2)C(c2ccc(F)cc2Cl)N=C(c2nccs2)N1.